The van der Waals surface area contributed by atoms with Crippen LogP contribution < -0.4 is 4.74 Å². The summed E-state index contributed by atoms with van der Waals surface area (Å²) in [7, 11) is 0. The minimum absolute atomic E-state index is 0.0460. The lowest BCUT2D eigenvalue weighted by Crippen LogP contribution is -2.26. The van der Waals surface area contributed by atoms with E-state index in [1.807, 2.05) is 60.0 Å². The number of azide groups is 1. The Morgan fingerprint density at radius 1 is 1.13 bits per heavy atom. The van der Waals surface area contributed by atoms with Gasteiger partial charge in [-0.05, 0) is 34.7 Å². The van der Waals surface area contributed by atoms with Gasteiger partial charge in [0.15, 0.2) is 0 Å². The lowest BCUT2D eigenvalue weighted by molar-refractivity contribution is 0.0424. The summed E-state index contributed by atoms with van der Waals surface area (Å²) in [4.78, 5) is 2.71. The molecule has 0 fully saturated rings. The Labute approximate surface area is 137 Å². The van der Waals surface area contributed by atoms with E-state index in [1.165, 1.54) is 0 Å². The smallest absolute Gasteiger partial charge is 0.150 e. The number of aliphatic hydroxyl groups is 1. The summed E-state index contributed by atoms with van der Waals surface area (Å²) < 4.78 is 7.23. The molecule has 0 aliphatic carbocycles. The van der Waals surface area contributed by atoms with Gasteiger partial charge in [0, 0.05) is 15.0 Å². The number of nitrogens with zero attached hydrogens (tertiary/aromatic N) is 3. The minimum atomic E-state index is -0.929. The van der Waals surface area contributed by atoms with E-state index in [9.17, 15) is 5.11 Å². The van der Waals surface area contributed by atoms with Crippen LogP contribution in [0.4, 0.5) is 0 Å². The molecule has 5 nitrogen and oxygen atoms in total. The number of rotatable bonds is 6. The molecule has 1 aromatic heterocycles. The van der Waals surface area contributed by atoms with Gasteiger partial charge in [-0.15, -0.1) is 11.3 Å². The third kappa shape index (κ3) is 3.46. The molecule has 2 atom stereocenters. The number of fused-ring (bicyclic) bond motifs is 1. The topological polar surface area (TPSA) is 78.2 Å². The summed E-state index contributed by atoms with van der Waals surface area (Å²) >= 11 is 1.64. The molecule has 0 radical (unpaired) electrons. The molecule has 0 aliphatic heterocycles. The monoisotopic (exact) mass is 325 g/mol. The molecule has 1 heterocycles. The Morgan fingerprint density at radius 3 is 2.74 bits per heavy atom. The van der Waals surface area contributed by atoms with E-state index in [2.05, 4.69) is 10.0 Å². The van der Waals surface area contributed by atoms with Crippen molar-refractivity contribution in [3.63, 3.8) is 0 Å². The maximum Gasteiger partial charge on any atom is 0.150 e. The molecule has 0 saturated heterocycles. The summed E-state index contributed by atoms with van der Waals surface area (Å²) in [5.41, 5.74) is 9.31. The molecule has 2 aromatic carbocycles. The Morgan fingerprint density at radius 2 is 1.96 bits per heavy atom. The van der Waals surface area contributed by atoms with E-state index >= 15 is 0 Å². The van der Waals surface area contributed by atoms with Crippen molar-refractivity contribution in [2.75, 3.05) is 6.54 Å². The Bertz CT molecular complexity index is 828. The highest BCUT2D eigenvalue weighted by atomic mass is 32.1. The highest BCUT2D eigenvalue weighted by molar-refractivity contribution is 7.17. The second kappa shape index (κ2) is 7.15. The zero-order valence-electron chi connectivity index (χ0n) is 12.2. The Kier molecular flexibility index (Phi) is 4.78. The van der Waals surface area contributed by atoms with Crippen LogP contribution in [0.3, 0.4) is 0 Å². The van der Waals surface area contributed by atoms with Crippen molar-refractivity contribution < 1.29 is 9.84 Å². The number of aliphatic hydroxyl groups excluding tert-OH is 1. The molecular formula is C17H15N3O2S. The van der Waals surface area contributed by atoms with Crippen LogP contribution in [0.25, 0.3) is 20.5 Å². The van der Waals surface area contributed by atoms with Gasteiger partial charge in [0.05, 0.1) is 6.54 Å². The first-order valence-corrected chi connectivity index (χ1v) is 8.04. The van der Waals surface area contributed by atoms with Gasteiger partial charge in [-0.3, -0.25) is 0 Å². The molecule has 3 rings (SSSR count). The number of thiophene rings is 1. The zero-order chi connectivity index (χ0) is 16.1. The molecule has 0 aliphatic rings. The van der Waals surface area contributed by atoms with E-state index in [1.54, 1.807) is 11.3 Å². The Balaban J connectivity index is 1.95. The minimum Gasteiger partial charge on any atom is -0.482 e. The van der Waals surface area contributed by atoms with E-state index < -0.39 is 12.2 Å². The SMILES string of the molecule is [N-]=[N+]=NC[C@@H](O)[C@@H](Oc1cccc2sccc12)c1ccccc1. The lowest BCUT2D eigenvalue weighted by atomic mass is 10.0. The maximum absolute atomic E-state index is 10.4. The average molecular weight is 325 g/mol. The van der Waals surface area contributed by atoms with E-state index in [0.717, 1.165) is 15.6 Å². The normalized spacial score (nSPS) is 13.3. The van der Waals surface area contributed by atoms with Gasteiger partial charge in [-0.25, -0.2) is 0 Å². The van der Waals surface area contributed by atoms with Gasteiger partial charge in [0.2, 0.25) is 0 Å². The van der Waals surface area contributed by atoms with Crippen LogP contribution in [0.2, 0.25) is 0 Å². The number of hydrogen-bond acceptors (Lipinski definition) is 4. The van der Waals surface area contributed by atoms with Crippen LogP contribution in [0.5, 0.6) is 5.75 Å². The van der Waals surface area contributed by atoms with Crippen LogP contribution in [0, 0.1) is 0 Å². The van der Waals surface area contributed by atoms with Crippen LogP contribution in [-0.2, 0) is 0 Å². The van der Waals surface area contributed by atoms with Gasteiger partial charge in [-0.2, -0.15) is 0 Å². The highest BCUT2D eigenvalue weighted by Gasteiger charge is 2.23. The molecule has 116 valence electrons. The highest BCUT2D eigenvalue weighted by Crippen LogP contribution is 2.33. The molecule has 0 unspecified atom stereocenters. The first kappa shape index (κ1) is 15.4. The fourth-order valence-electron chi connectivity index (χ4n) is 2.43. The van der Waals surface area contributed by atoms with Crippen LogP contribution in [0.1, 0.15) is 11.7 Å². The largest absolute Gasteiger partial charge is 0.482 e. The zero-order valence-corrected chi connectivity index (χ0v) is 13.1. The standard InChI is InChI=1S/C17H15N3O2S/c18-20-19-11-14(21)17(12-5-2-1-3-6-12)22-15-7-4-8-16-13(15)9-10-23-16/h1-10,14,17,21H,11H2/t14-,17+/m1/s1. The van der Waals surface area contributed by atoms with Crippen molar-refractivity contribution in [2.45, 2.75) is 12.2 Å². The predicted octanol–water partition coefficient (Wildman–Crippen LogP) is 4.69. The lowest BCUT2D eigenvalue weighted by Gasteiger charge is -2.24. The molecule has 0 bridgehead atoms. The number of hydrogen-bond donors (Lipinski definition) is 1. The van der Waals surface area contributed by atoms with Gasteiger partial charge < -0.3 is 9.84 Å². The second-order valence-electron chi connectivity index (χ2n) is 5.02. The van der Waals surface area contributed by atoms with Crippen molar-refractivity contribution >= 4 is 21.4 Å². The summed E-state index contributed by atoms with van der Waals surface area (Å²) in [6, 6.07) is 17.3. The fourth-order valence-corrected chi connectivity index (χ4v) is 3.24. The summed E-state index contributed by atoms with van der Waals surface area (Å²) in [5, 5.41) is 16.9. The van der Waals surface area contributed by atoms with E-state index in [-0.39, 0.29) is 6.54 Å². The van der Waals surface area contributed by atoms with E-state index in [0.29, 0.717) is 5.75 Å². The predicted molar refractivity (Wildman–Crippen MR) is 91.7 cm³/mol. The summed E-state index contributed by atoms with van der Waals surface area (Å²) in [6.45, 7) is -0.0460. The number of benzene rings is 2. The third-order valence-electron chi connectivity index (χ3n) is 3.52. The van der Waals surface area contributed by atoms with Crippen molar-refractivity contribution in [2.24, 2.45) is 5.11 Å². The van der Waals surface area contributed by atoms with Gasteiger partial charge in [0.25, 0.3) is 0 Å². The Hall–Kier alpha value is -2.53. The molecule has 3 aromatic rings. The number of ether oxygens (including phenoxy) is 1. The van der Waals surface area contributed by atoms with Gasteiger partial charge >= 0.3 is 0 Å². The van der Waals surface area contributed by atoms with Gasteiger partial charge in [0.1, 0.15) is 18.0 Å². The first-order valence-electron chi connectivity index (χ1n) is 7.16. The molecule has 23 heavy (non-hydrogen) atoms. The van der Waals surface area contributed by atoms with Crippen LogP contribution in [-0.4, -0.2) is 17.8 Å². The summed E-state index contributed by atoms with van der Waals surface area (Å²) in [5.74, 6) is 0.706. The van der Waals surface area contributed by atoms with E-state index in [4.69, 9.17) is 10.3 Å². The molecule has 1 N–H and O–H groups in total. The van der Waals surface area contributed by atoms with Crippen molar-refractivity contribution in [1.29, 1.82) is 0 Å². The molecule has 0 spiro atoms. The van der Waals surface area contributed by atoms with Crippen molar-refractivity contribution in [1.82, 2.24) is 0 Å². The first-order chi connectivity index (χ1) is 11.3. The molecule has 0 saturated carbocycles. The molecule has 6 heteroatoms. The third-order valence-corrected chi connectivity index (χ3v) is 4.40. The molecule has 0 amide bonds. The second-order valence-corrected chi connectivity index (χ2v) is 5.97. The fraction of sp³-hybridized carbons (Fsp3) is 0.176. The summed E-state index contributed by atoms with van der Waals surface area (Å²) in [6.07, 6.45) is -1.53. The van der Waals surface area contributed by atoms with Crippen molar-refractivity contribution in [3.8, 4) is 5.75 Å². The molecular weight excluding hydrogens is 310 g/mol. The van der Waals surface area contributed by atoms with Crippen molar-refractivity contribution in [3.05, 3.63) is 76.0 Å². The van der Waals surface area contributed by atoms with Gasteiger partial charge in [-0.1, -0.05) is 41.5 Å². The van der Waals surface area contributed by atoms with Crippen LogP contribution >= 0.6 is 11.3 Å². The van der Waals surface area contributed by atoms with Crippen LogP contribution in [0.15, 0.2) is 65.1 Å². The maximum atomic E-state index is 10.4. The average Bonchev–Trinajstić information content (AvgIpc) is 3.07. The quantitative estimate of drug-likeness (QED) is 0.405.